The summed E-state index contributed by atoms with van der Waals surface area (Å²) in [5.41, 5.74) is 8.47. The van der Waals surface area contributed by atoms with E-state index in [4.69, 9.17) is 17.3 Å². The summed E-state index contributed by atoms with van der Waals surface area (Å²) < 4.78 is 29.5. The molecule has 0 saturated carbocycles. The fraction of sp³-hybridized carbons (Fsp3) is 0.250. The number of hydrazone groups is 1. The van der Waals surface area contributed by atoms with Gasteiger partial charge in [0.2, 0.25) is 0 Å². The van der Waals surface area contributed by atoms with Crippen LogP contribution in [-0.2, 0) is 15.0 Å². The average Bonchev–Trinajstić information content (AvgIpc) is 3.18. The third kappa shape index (κ3) is 4.93. The Hall–Kier alpha value is -2.59. The smallest absolute Gasteiger partial charge is 0.324 e. The van der Waals surface area contributed by atoms with Gasteiger partial charge in [0.1, 0.15) is 6.29 Å². The van der Waals surface area contributed by atoms with Gasteiger partial charge in [0.25, 0.3) is 0 Å². The maximum Gasteiger partial charge on any atom is 0.324 e. The van der Waals surface area contributed by atoms with Gasteiger partial charge in [0.05, 0.1) is 25.3 Å². The lowest BCUT2D eigenvalue weighted by Gasteiger charge is -2.18. The summed E-state index contributed by atoms with van der Waals surface area (Å²) in [5, 5.41) is 6.77. The van der Waals surface area contributed by atoms with Gasteiger partial charge in [-0.25, -0.2) is 5.01 Å². The highest BCUT2D eigenvalue weighted by Gasteiger charge is 2.32. The number of aldehydes is 1. The van der Waals surface area contributed by atoms with Crippen molar-refractivity contribution in [3.63, 3.8) is 0 Å². The molecular weight excluding hydrogens is 426 g/mol. The molecular formula is C20H22ClN5O3S. The van der Waals surface area contributed by atoms with Gasteiger partial charge in [0.15, 0.2) is 5.84 Å². The molecule has 30 heavy (non-hydrogen) atoms. The minimum absolute atomic E-state index is 0.0950. The molecule has 8 nitrogen and oxygen atoms in total. The van der Waals surface area contributed by atoms with Crippen molar-refractivity contribution in [2.75, 3.05) is 26.7 Å². The normalized spacial score (nSPS) is 17.3. The molecule has 1 atom stereocenters. The van der Waals surface area contributed by atoms with E-state index in [2.05, 4.69) is 9.50 Å². The van der Waals surface area contributed by atoms with Gasteiger partial charge in [0, 0.05) is 18.0 Å². The number of benzene rings is 2. The van der Waals surface area contributed by atoms with Crippen molar-refractivity contribution in [1.82, 2.24) is 9.31 Å². The van der Waals surface area contributed by atoms with Crippen LogP contribution in [0.5, 0.6) is 0 Å². The Kier molecular flexibility index (Phi) is 6.99. The van der Waals surface area contributed by atoms with Gasteiger partial charge in [-0.2, -0.15) is 17.8 Å². The quantitative estimate of drug-likeness (QED) is 0.396. The highest BCUT2D eigenvalue weighted by molar-refractivity contribution is 7.87. The number of amidine groups is 1. The molecule has 3 rings (SSSR count). The number of carbonyl (C=O) groups excluding carboxylic acids is 1. The molecule has 0 bridgehead atoms. The molecule has 2 N–H and O–H groups in total. The molecule has 1 heterocycles. The molecule has 0 radical (unpaired) electrons. The van der Waals surface area contributed by atoms with E-state index < -0.39 is 10.2 Å². The first-order chi connectivity index (χ1) is 14.4. The number of likely N-dealkylation sites (N-methyl/N-ethyl adjacent to an activating group) is 1. The summed E-state index contributed by atoms with van der Waals surface area (Å²) in [6.45, 7) is -0.0480. The molecule has 0 fully saturated rings. The van der Waals surface area contributed by atoms with Crippen molar-refractivity contribution >= 4 is 39.6 Å². The van der Waals surface area contributed by atoms with Crippen LogP contribution in [0.1, 0.15) is 17.0 Å². The van der Waals surface area contributed by atoms with Gasteiger partial charge in [-0.1, -0.05) is 54.1 Å². The molecule has 0 spiro atoms. The van der Waals surface area contributed by atoms with Crippen molar-refractivity contribution < 1.29 is 13.2 Å². The average molecular weight is 448 g/mol. The minimum Gasteiger partial charge on any atom is -0.324 e. The highest BCUT2D eigenvalue weighted by atomic mass is 35.5. The Morgan fingerprint density at radius 1 is 1.27 bits per heavy atom. The van der Waals surface area contributed by atoms with Crippen LogP contribution in [-0.4, -0.2) is 62.2 Å². The Bertz CT molecular complexity index is 1060. The second-order valence-corrected chi connectivity index (χ2v) is 8.81. The van der Waals surface area contributed by atoms with Crippen LogP contribution in [0.4, 0.5) is 0 Å². The fourth-order valence-electron chi connectivity index (χ4n) is 3.08. The first-order valence-electron chi connectivity index (χ1n) is 9.21. The van der Waals surface area contributed by atoms with Crippen LogP contribution in [0.15, 0.2) is 64.1 Å². The van der Waals surface area contributed by atoms with Crippen LogP contribution >= 0.6 is 11.6 Å². The Balaban J connectivity index is 2.01. The third-order valence-electron chi connectivity index (χ3n) is 4.68. The van der Waals surface area contributed by atoms with Crippen molar-refractivity contribution in [3.05, 3.63) is 70.7 Å². The number of hydrogen-bond acceptors (Lipinski definition) is 5. The Labute approximate surface area is 180 Å². The van der Waals surface area contributed by atoms with Crippen LogP contribution < -0.4 is 5.73 Å². The van der Waals surface area contributed by atoms with E-state index in [9.17, 15) is 13.2 Å². The molecule has 1 aliphatic rings. The minimum atomic E-state index is -4.06. The number of nitrogens with zero attached hydrogens (tertiary/aromatic N) is 4. The van der Waals surface area contributed by atoms with E-state index in [0.29, 0.717) is 17.9 Å². The number of hydrogen-bond donors (Lipinski definition) is 1. The predicted octanol–water partition coefficient (Wildman–Crippen LogP) is 1.88. The van der Waals surface area contributed by atoms with Crippen LogP contribution in [0.25, 0.3) is 0 Å². The zero-order valence-electron chi connectivity index (χ0n) is 16.3. The van der Waals surface area contributed by atoms with E-state index in [-0.39, 0.29) is 24.8 Å². The Morgan fingerprint density at radius 3 is 2.53 bits per heavy atom. The molecule has 10 heteroatoms. The van der Waals surface area contributed by atoms with Crippen molar-refractivity contribution in [2.24, 2.45) is 15.2 Å². The topological polar surface area (TPSA) is 108 Å². The zero-order chi connectivity index (χ0) is 21.7. The molecule has 1 unspecified atom stereocenters. The lowest BCUT2D eigenvalue weighted by Crippen LogP contribution is -2.35. The molecule has 0 saturated heterocycles. The molecule has 0 aromatic heterocycles. The van der Waals surface area contributed by atoms with E-state index in [1.54, 1.807) is 12.1 Å². The first kappa shape index (κ1) is 22.1. The van der Waals surface area contributed by atoms with Gasteiger partial charge in [-0.3, -0.25) is 0 Å². The monoisotopic (exact) mass is 447 g/mol. The van der Waals surface area contributed by atoms with Crippen molar-refractivity contribution in [1.29, 1.82) is 0 Å². The number of rotatable bonds is 7. The zero-order valence-corrected chi connectivity index (χ0v) is 17.9. The molecule has 0 amide bonds. The van der Waals surface area contributed by atoms with Gasteiger partial charge < -0.3 is 10.5 Å². The fourth-order valence-corrected chi connectivity index (χ4v) is 4.03. The second-order valence-electron chi connectivity index (χ2n) is 6.67. The van der Waals surface area contributed by atoms with Gasteiger partial charge in [-0.05, 0) is 23.3 Å². The maximum atomic E-state index is 12.4. The van der Waals surface area contributed by atoms with Crippen molar-refractivity contribution in [3.8, 4) is 0 Å². The summed E-state index contributed by atoms with van der Waals surface area (Å²) >= 11 is 6.02. The van der Waals surface area contributed by atoms with E-state index in [1.165, 1.54) is 12.1 Å². The lowest BCUT2D eigenvalue weighted by atomic mass is 9.91. The summed E-state index contributed by atoms with van der Waals surface area (Å²) in [4.78, 5) is 10.7. The third-order valence-corrected chi connectivity index (χ3v) is 6.31. The molecule has 2 aromatic carbocycles. The lowest BCUT2D eigenvalue weighted by molar-refractivity contribution is -0.107. The van der Waals surface area contributed by atoms with Crippen LogP contribution in [0.3, 0.4) is 0 Å². The molecule has 158 valence electrons. The molecule has 1 aliphatic heterocycles. The summed E-state index contributed by atoms with van der Waals surface area (Å²) in [6, 6.07) is 17.1. The number of halogens is 1. The highest BCUT2D eigenvalue weighted by Crippen LogP contribution is 2.29. The van der Waals surface area contributed by atoms with Crippen molar-refractivity contribution in [2.45, 2.75) is 5.92 Å². The summed E-state index contributed by atoms with van der Waals surface area (Å²) in [5.74, 6) is -0.0165. The van der Waals surface area contributed by atoms with Crippen LogP contribution in [0.2, 0.25) is 5.02 Å². The maximum absolute atomic E-state index is 12.4. The number of nitrogens with two attached hydrogens (primary N) is 1. The molecule has 0 aliphatic carbocycles. The summed E-state index contributed by atoms with van der Waals surface area (Å²) in [6.07, 6.45) is 0.493. The standard InChI is InChI=1S/C20H22ClN5O3S/c1-25(11-12-27)30(28,29)24-19(13-22)26-14-18(15-5-3-2-4-6-15)20(23-26)16-7-9-17(21)10-8-16/h2-10,12,18H,11,13-14,22H2,1H3. The first-order valence-corrected chi connectivity index (χ1v) is 11.0. The van der Waals surface area contributed by atoms with Gasteiger partial charge in [-0.15, -0.1) is 4.40 Å². The van der Waals surface area contributed by atoms with Gasteiger partial charge >= 0.3 is 10.2 Å². The van der Waals surface area contributed by atoms with Crippen LogP contribution in [0, 0.1) is 0 Å². The SMILES string of the molecule is CN(CC=O)S(=O)(=O)N=C(CN)N1CC(c2ccccc2)C(c2ccc(Cl)cc2)=N1. The van der Waals surface area contributed by atoms with E-state index in [0.717, 1.165) is 21.1 Å². The predicted molar refractivity (Wildman–Crippen MR) is 118 cm³/mol. The summed E-state index contributed by atoms with van der Waals surface area (Å²) in [7, 11) is -2.78. The second kappa shape index (κ2) is 9.48. The Morgan fingerprint density at radius 2 is 1.93 bits per heavy atom. The van der Waals surface area contributed by atoms with E-state index >= 15 is 0 Å². The largest absolute Gasteiger partial charge is 0.324 e. The number of carbonyl (C=O) groups is 1. The molecule has 2 aromatic rings. The van der Waals surface area contributed by atoms with E-state index in [1.807, 2.05) is 42.5 Å².